The average molecular weight is 316 g/mol. The monoisotopic (exact) mass is 316 g/mol. The lowest BCUT2D eigenvalue weighted by Crippen LogP contribution is -2.44. The van der Waals surface area contributed by atoms with Gasteiger partial charge in [0.25, 0.3) is 0 Å². The number of aryl methyl sites for hydroxylation is 2. The van der Waals surface area contributed by atoms with Crippen LogP contribution in [0, 0.1) is 13.8 Å². The van der Waals surface area contributed by atoms with E-state index in [9.17, 15) is 9.90 Å². The van der Waals surface area contributed by atoms with Crippen LogP contribution in [-0.2, 0) is 11.3 Å². The third kappa shape index (κ3) is 3.89. The standard InChI is InChI=1S/C17H24N4O2/c1-11-6-14-15(7-12(11)2)20-16(19-14)8-18-17(23)10-21-5-3-4-13(22)9-21/h6-7,13,22H,3-5,8-10H2,1-2H3,(H,18,23)(H,19,20)/t13-/m0/s1. The van der Waals surface area contributed by atoms with Crippen LogP contribution in [-0.4, -0.2) is 51.6 Å². The molecule has 1 aromatic heterocycles. The number of likely N-dealkylation sites (tertiary alicyclic amines) is 1. The lowest BCUT2D eigenvalue weighted by Gasteiger charge is -2.29. The van der Waals surface area contributed by atoms with Crippen molar-refractivity contribution in [3.05, 3.63) is 29.1 Å². The van der Waals surface area contributed by atoms with Crippen LogP contribution in [0.3, 0.4) is 0 Å². The highest BCUT2D eigenvalue weighted by molar-refractivity contribution is 5.79. The molecular weight excluding hydrogens is 292 g/mol. The predicted octanol–water partition coefficient (Wildman–Crippen LogP) is 1.25. The highest BCUT2D eigenvalue weighted by atomic mass is 16.3. The quantitative estimate of drug-likeness (QED) is 0.793. The molecule has 6 nitrogen and oxygen atoms in total. The molecule has 0 radical (unpaired) electrons. The fourth-order valence-corrected chi connectivity index (χ4v) is 3.02. The number of benzene rings is 1. The number of imidazole rings is 1. The van der Waals surface area contributed by atoms with E-state index < -0.39 is 0 Å². The number of aromatic nitrogens is 2. The number of rotatable bonds is 4. The number of aliphatic hydroxyl groups is 1. The number of nitrogens with zero attached hydrogens (tertiary/aromatic N) is 2. The summed E-state index contributed by atoms with van der Waals surface area (Å²) >= 11 is 0. The molecule has 1 atom stereocenters. The Kier molecular flexibility index (Phi) is 4.63. The first kappa shape index (κ1) is 16.0. The van der Waals surface area contributed by atoms with Gasteiger partial charge in [-0.2, -0.15) is 0 Å². The van der Waals surface area contributed by atoms with Crippen LogP contribution in [0.1, 0.15) is 29.8 Å². The molecule has 2 heterocycles. The van der Waals surface area contributed by atoms with Gasteiger partial charge in [0.15, 0.2) is 0 Å². The van der Waals surface area contributed by atoms with Crippen molar-refractivity contribution in [3.8, 4) is 0 Å². The zero-order valence-electron chi connectivity index (χ0n) is 13.7. The third-order valence-electron chi connectivity index (χ3n) is 4.45. The molecule has 1 aromatic carbocycles. The maximum Gasteiger partial charge on any atom is 0.234 e. The van der Waals surface area contributed by atoms with Gasteiger partial charge in [-0.15, -0.1) is 0 Å². The van der Waals surface area contributed by atoms with Crippen molar-refractivity contribution in [3.63, 3.8) is 0 Å². The molecule has 3 rings (SSSR count). The zero-order valence-corrected chi connectivity index (χ0v) is 13.7. The second-order valence-electron chi connectivity index (χ2n) is 6.45. The molecule has 6 heteroatoms. The van der Waals surface area contributed by atoms with Crippen LogP contribution in [0.25, 0.3) is 11.0 Å². The van der Waals surface area contributed by atoms with Gasteiger partial charge < -0.3 is 15.4 Å². The number of H-pyrrole nitrogens is 1. The zero-order chi connectivity index (χ0) is 16.4. The summed E-state index contributed by atoms with van der Waals surface area (Å²) in [5.41, 5.74) is 4.36. The number of β-amino-alcohol motifs (C(OH)–C–C–N with tert-alkyl or cyclic N) is 1. The normalized spacial score (nSPS) is 19.2. The fourth-order valence-electron chi connectivity index (χ4n) is 3.02. The summed E-state index contributed by atoms with van der Waals surface area (Å²) in [6.07, 6.45) is 1.46. The van der Waals surface area contributed by atoms with E-state index in [0.717, 1.165) is 36.2 Å². The van der Waals surface area contributed by atoms with Gasteiger partial charge in [0, 0.05) is 6.54 Å². The molecule has 0 aliphatic carbocycles. The number of carbonyl (C=O) groups excluding carboxylic acids is 1. The van der Waals surface area contributed by atoms with E-state index in [2.05, 4.69) is 41.3 Å². The van der Waals surface area contributed by atoms with Gasteiger partial charge in [0.05, 0.1) is 30.2 Å². The molecule has 124 valence electrons. The first-order valence-electron chi connectivity index (χ1n) is 8.14. The number of nitrogens with one attached hydrogen (secondary N) is 2. The molecule has 1 aliphatic heterocycles. The smallest absolute Gasteiger partial charge is 0.234 e. The van der Waals surface area contributed by atoms with E-state index >= 15 is 0 Å². The molecule has 0 bridgehead atoms. The Hall–Kier alpha value is -1.92. The average Bonchev–Trinajstić information content (AvgIpc) is 2.87. The van der Waals surface area contributed by atoms with E-state index in [1.165, 1.54) is 11.1 Å². The van der Waals surface area contributed by atoms with E-state index in [4.69, 9.17) is 0 Å². The SMILES string of the molecule is Cc1cc2nc(CNC(=O)CN3CCC[C@H](O)C3)[nH]c2cc1C. The lowest BCUT2D eigenvalue weighted by atomic mass is 10.1. The summed E-state index contributed by atoms with van der Waals surface area (Å²) in [5, 5.41) is 12.5. The van der Waals surface area contributed by atoms with Gasteiger partial charge in [-0.3, -0.25) is 9.69 Å². The highest BCUT2D eigenvalue weighted by Gasteiger charge is 2.19. The van der Waals surface area contributed by atoms with Gasteiger partial charge in [0.1, 0.15) is 5.82 Å². The number of amides is 1. The Bertz CT molecular complexity index is 671. The second-order valence-corrected chi connectivity index (χ2v) is 6.45. The topological polar surface area (TPSA) is 81.2 Å². The summed E-state index contributed by atoms with van der Waals surface area (Å²) in [7, 11) is 0. The van der Waals surface area contributed by atoms with Crippen molar-refractivity contribution in [1.82, 2.24) is 20.2 Å². The molecular formula is C17H24N4O2. The van der Waals surface area contributed by atoms with Crippen molar-refractivity contribution in [2.24, 2.45) is 0 Å². The molecule has 0 unspecified atom stereocenters. The minimum atomic E-state index is -0.307. The number of hydrogen-bond donors (Lipinski definition) is 3. The van der Waals surface area contributed by atoms with Crippen LogP contribution in [0.5, 0.6) is 0 Å². The number of fused-ring (bicyclic) bond motifs is 1. The van der Waals surface area contributed by atoms with Gasteiger partial charge >= 0.3 is 0 Å². The number of aliphatic hydroxyl groups excluding tert-OH is 1. The maximum atomic E-state index is 12.0. The largest absolute Gasteiger partial charge is 0.392 e. The maximum absolute atomic E-state index is 12.0. The van der Waals surface area contributed by atoms with E-state index in [0.29, 0.717) is 19.6 Å². The second kappa shape index (κ2) is 6.68. The third-order valence-corrected chi connectivity index (χ3v) is 4.45. The Balaban J connectivity index is 1.56. The molecule has 1 saturated heterocycles. The van der Waals surface area contributed by atoms with E-state index in [-0.39, 0.29) is 12.0 Å². The minimum absolute atomic E-state index is 0.0353. The first-order chi connectivity index (χ1) is 11.0. The Morgan fingerprint density at radius 1 is 1.43 bits per heavy atom. The Morgan fingerprint density at radius 3 is 3.00 bits per heavy atom. The van der Waals surface area contributed by atoms with Crippen molar-refractivity contribution < 1.29 is 9.90 Å². The number of aromatic amines is 1. The number of piperidine rings is 1. The first-order valence-corrected chi connectivity index (χ1v) is 8.14. The van der Waals surface area contributed by atoms with Gasteiger partial charge in [-0.1, -0.05) is 0 Å². The summed E-state index contributed by atoms with van der Waals surface area (Å²) in [6.45, 7) is 6.31. The molecule has 2 aromatic rings. The number of hydrogen-bond acceptors (Lipinski definition) is 4. The lowest BCUT2D eigenvalue weighted by molar-refractivity contribution is -0.123. The van der Waals surface area contributed by atoms with Crippen LogP contribution in [0.15, 0.2) is 12.1 Å². The molecule has 23 heavy (non-hydrogen) atoms. The predicted molar refractivity (Wildman–Crippen MR) is 89.1 cm³/mol. The summed E-state index contributed by atoms with van der Waals surface area (Å²) in [4.78, 5) is 21.8. The Morgan fingerprint density at radius 2 is 2.22 bits per heavy atom. The van der Waals surface area contributed by atoms with Gasteiger partial charge in [0.2, 0.25) is 5.91 Å². The molecule has 3 N–H and O–H groups in total. The van der Waals surface area contributed by atoms with Crippen LogP contribution in [0.2, 0.25) is 0 Å². The van der Waals surface area contributed by atoms with Crippen molar-refractivity contribution in [2.75, 3.05) is 19.6 Å². The summed E-state index contributed by atoms with van der Waals surface area (Å²) < 4.78 is 0. The van der Waals surface area contributed by atoms with Crippen molar-refractivity contribution in [1.29, 1.82) is 0 Å². The Labute approximate surface area is 135 Å². The summed E-state index contributed by atoms with van der Waals surface area (Å²) in [5.74, 6) is 0.726. The van der Waals surface area contributed by atoms with E-state index in [1.54, 1.807) is 0 Å². The molecule has 1 fully saturated rings. The summed E-state index contributed by atoms with van der Waals surface area (Å²) in [6, 6.07) is 4.14. The van der Waals surface area contributed by atoms with Crippen molar-refractivity contribution >= 4 is 16.9 Å². The van der Waals surface area contributed by atoms with Crippen molar-refractivity contribution in [2.45, 2.75) is 39.3 Å². The van der Waals surface area contributed by atoms with Crippen LogP contribution < -0.4 is 5.32 Å². The molecule has 0 saturated carbocycles. The highest BCUT2D eigenvalue weighted by Crippen LogP contribution is 2.17. The minimum Gasteiger partial charge on any atom is -0.392 e. The van der Waals surface area contributed by atoms with Crippen LogP contribution >= 0.6 is 0 Å². The molecule has 1 aliphatic rings. The van der Waals surface area contributed by atoms with Crippen LogP contribution in [0.4, 0.5) is 0 Å². The van der Waals surface area contributed by atoms with E-state index in [1.807, 2.05) is 4.90 Å². The number of carbonyl (C=O) groups is 1. The fraction of sp³-hybridized carbons (Fsp3) is 0.529. The van der Waals surface area contributed by atoms with Gasteiger partial charge in [-0.05, 0) is 56.5 Å². The molecule has 0 spiro atoms. The molecule has 1 amide bonds. The van der Waals surface area contributed by atoms with Gasteiger partial charge in [-0.25, -0.2) is 4.98 Å².